The number of para-hydroxylation sites is 1. The van der Waals surface area contributed by atoms with E-state index in [9.17, 15) is 4.79 Å². The maximum absolute atomic E-state index is 12.8. The number of esters is 1. The summed E-state index contributed by atoms with van der Waals surface area (Å²) >= 11 is 0. The number of ether oxygens (including phenoxy) is 2. The third-order valence-electron chi connectivity index (χ3n) is 5.52. The summed E-state index contributed by atoms with van der Waals surface area (Å²) in [5.74, 6) is 1.49. The Morgan fingerprint density at radius 3 is 2.22 bits per heavy atom. The number of aromatic nitrogens is 1. The highest BCUT2D eigenvalue weighted by atomic mass is 16.5. The van der Waals surface area contributed by atoms with Crippen LogP contribution in [-0.2, 0) is 11.3 Å². The highest BCUT2D eigenvalue weighted by molar-refractivity contribution is 6.10. The van der Waals surface area contributed by atoms with Gasteiger partial charge < -0.3 is 20.2 Å². The van der Waals surface area contributed by atoms with E-state index in [1.807, 2.05) is 97.1 Å². The molecule has 4 aromatic rings. The van der Waals surface area contributed by atoms with Crippen molar-refractivity contribution in [2.75, 3.05) is 11.9 Å². The lowest BCUT2D eigenvalue weighted by Gasteiger charge is -2.16. The van der Waals surface area contributed by atoms with Crippen LogP contribution in [0.25, 0.3) is 12.2 Å². The monoisotopic (exact) mass is 491 g/mol. The number of hydrogen-bond donors (Lipinski definition) is 2. The lowest BCUT2D eigenvalue weighted by molar-refractivity contribution is 0.0526. The predicted octanol–water partition coefficient (Wildman–Crippen LogP) is 7.22. The number of carbonyl (C=O) groups is 1. The Morgan fingerprint density at radius 1 is 0.919 bits per heavy atom. The van der Waals surface area contributed by atoms with Gasteiger partial charge in [0, 0.05) is 12.3 Å². The molecule has 0 aliphatic carbocycles. The molecule has 6 heteroatoms. The van der Waals surface area contributed by atoms with E-state index in [-0.39, 0.29) is 12.3 Å². The van der Waals surface area contributed by atoms with E-state index in [1.54, 1.807) is 19.9 Å². The first-order valence-corrected chi connectivity index (χ1v) is 12.1. The zero-order chi connectivity index (χ0) is 26.0. The molecule has 3 aromatic carbocycles. The molecule has 1 aromatic heterocycles. The van der Waals surface area contributed by atoms with Gasteiger partial charge in [-0.15, -0.1) is 0 Å². The Balaban J connectivity index is 1.59. The molecule has 0 atom stereocenters. The topological polar surface area (TPSA) is 84.3 Å². The number of carbonyl (C=O) groups excluding carboxylic acids is 1. The van der Waals surface area contributed by atoms with Crippen molar-refractivity contribution < 1.29 is 14.3 Å². The zero-order valence-corrected chi connectivity index (χ0v) is 20.9. The largest absolute Gasteiger partial charge is 0.462 e. The van der Waals surface area contributed by atoms with Crippen LogP contribution in [0.3, 0.4) is 0 Å². The number of nitrogens with zero attached hydrogens (tertiary/aromatic N) is 1. The van der Waals surface area contributed by atoms with Gasteiger partial charge in [0.05, 0.1) is 23.4 Å². The fourth-order valence-electron chi connectivity index (χ4n) is 3.76. The molecule has 186 valence electrons. The molecule has 0 aliphatic rings. The minimum atomic E-state index is -0.480. The zero-order valence-electron chi connectivity index (χ0n) is 20.9. The molecular formula is C31H29N3O3. The Hall–Kier alpha value is -4.71. The molecule has 0 radical (unpaired) electrons. The molecule has 0 saturated carbocycles. The predicted molar refractivity (Wildman–Crippen MR) is 148 cm³/mol. The van der Waals surface area contributed by atoms with Crippen LogP contribution in [0, 0.1) is 5.41 Å². The SMILES string of the molecule is CCOC(=O)c1cc(/C=C/c2ccccc2)nc(NCc2ccc(Oc3ccccc3)cc2)c1C(C)=N. The number of pyridine rings is 1. The smallest absolute Gasteiger partial charge is 0.339 e. The van der Waals surface area contributed by atoms with E-state index in [4.69, 9.17) is 19.9 Å². The summed E-state index contributed by atoms with van der Waals surface area (Å²) in [6, 6.07) is 28.9. The maximum atomic E-state index is 12.8. The molecular weight excluding hydrogens is 462 g/mol. The first-order valence-electron chi connectivity index (χ1n) is 12.1. The van der Waals surface area contributed by atoms with E-state index < -0.39 is 5.97 Å². The van der Waals surface area contributed by atoms with Gasteiger partial charge in [-0.05, 0) is 61.4 Å². The van der Waals surface area contributed by atoms with Gasteiger partial charge in [0.1, 0.15) is 17.3 Å². The minimum Gasteiger partial charge on any atom is -0.462 e. The van der Waals surface area contributed by atoms with Crippen molar-refractivity contribution in [3.8, 4) is 11.5 Å². The molecule has 4 rings (SSSR count). The summed E-state index contributed by atoms with van der Waals surface area (Å²) < 4.78 is 11.2. The summed E-state index contributed by atoms with van der Waals surface area (Å²) in [7, 11) is 0. The molecule has 0 aliphatic heterocycles. The molecule has 6 nitrogen and oxygen atoms in total. The second-order valence-electron chi connectivity index (χ2n) is 8.32. The summed E-state index contributed by atoms with van der Waals surface area (Å²) in [6.45, 7) is 4.09. The van der Waals surface area contributed by atoms with Crippen LogP contribution in [0.2, 0.25) is 0 Å². The minimum absolute atomic E-state index is 0.225. The van der Waals surface area contributed by atoms with Gasteiger partial charge in [-0.2, -0.15) is 0 Å². The van der Waals surface area contributed by atoms with Crippen molar-refractivity contribution in [3.63, 3.8) is 0 Å². The summed E-state index contributed by atoms with van der Waals surface area (Å²) in [5, 5.41) is 11.7. The summed E-state index contributed by atoms with van der Waals surface area (Å²) in [5.41, 5.74) is 3.57. The van der Waals surface area contributed by atoms with Crippen molar-refractivity contribution >= 4 is 29.7 Å². The highest BCUT2D eigenvalue weighted by Gasteiger charge is 2.20. The van der Waals surface area contributed by atoms with Crippen LogP contribution < -0.4 is 10.1 Å². The van der Waals surface area contributed by atoms with Crippen molar-refractivity contribution in [3.05, 3.63) is 119 Å². The van der Waals surface area contributed by atoms with Crippen LogP contribution >= 0.6 is 0 Å². The standard InChI is InChI=1S/C31H29N3O3/c1-3-36-31(35)28-20-25(17-14-23-10-6-4-7-11-23)34-30(29(28)22(2)32)33-21-24-15-18-27(19-16-24)37-26-12-8-5-9-13-26/h4-20,32H,3,21H2,1-2H3,(H,33,34)/b17-14+,32-22?. The number of nitrogens with one attached hydrogen (secondary N) is 2. The van der Waals surface area contributed by atoms with Gasteiger partial charge in [0.15, 0.2) is 0 Å². The van der Waals surface area contributed by atoms with E-state index in [2.05, 4.69) is 5.32 Å². The molecule has 0 fully saturated rings. The Bertz CT molecular complexity index is 1380. The first-order chi connectivity index (χ1) is 18.0. The van der Waals surface area contributed by atoms with E-state index in [1.165, 1.54) is 0 Å². The number of rotatable bonds is 10. The first kappa shape index (κ1) is 25.4. The van der Waals surface area contributed by atoms with Gasteiger partial charge >= 0.3 is 5.97 Å². The van der Waals surface area contributed by atoms with Gasteiger partial charge in [0.25, 0.3) is 0 Å². The number of hydrogen-bond acceptors (Lipinski definition) is 6. The summed E-state index contributed by atoms with van der Waals surface area (Å²) in [6.07, 6.45) is 3.78. The van der Waals surface area contributed by atoms with Crippen LogP contribution in [0.1, 0.15) is 46.6 Å². The Morgan fingerprint density at radius 2 is 1.57 bits per heavy atom. The van der Waals surface area contributed by atoms with Crippen molar-refractivity contribution in [1.29, 1.82) is 5.41 Å². The quantitative estimate of drug-likeness (QED) is 0.181. The second-order valence-corrected chi connectivity index (χ2v) is 8.32. The molecule has 0 bridgehead atoms. The van der Waals surface area contributed by atoms with Gasteiger partial charge in [0.2, 0.25) is 0 Å². The fraction of sp³-hybridized carbons (Fsp3) is 0.129. The molecule has 0 amide bonds. The fourth-order valence-corrected chi connectivity index (χ4v) is 3.76. The Labute approximate surface area is 217 Å². The van der Waals surface area contributed by atoms with E-state index in [0.717, 1.165) is 22.6 Å². The van der Waals surface area contributed by atoms with Crippen LogP contribution in [0.15, 0.2) is 91.0 Å². The van der Waals surface area contributed by atoms with Crippen LogP contribution in [0.5, 0.6) is 11.5 Å². The van der Waals surface area contributed by atoms with Crippen LogP contribution in [-0.4, -0.2) is 23.3 Å². The molecule has 1 heterocycles. The maximum Gasteiger partial charge on any atom is 0.339 e. The normalized spacial score (nSPS) is 10.8. The van der Waals surface area contributed by atoms with E-state index >= 15 is 0 Å². The lowest BCUT2D eigenvalue weighted by Crippen LogP contribution is -2.16. The van der Waals surface area contributed by atoms with Gasteiger partial charge in [-0.25, -0.2) is 9.78 Å². The van der Waals surface area contributed by atoms with Crippen LogP contribution in [0.4, 0.5) is 5.82 Å². The lowest BCUT2D eigenvalue weighted by atomic mass is 10.0. The van der Waals surface area contributed by atoms with Gasteiger partial charge in [-0.1, -0.05) is 66.7 Å². The Kier molecular flexibility index (Phi) is 8.45. The van der Waals surface area contributed by atoms with Crippen molar-refractivity contribution in [2.45, 2.75) is 20.4 Å². The third kappa shape index (κ3) is 6.92. The molecule has 0 saturated heterocycles. The second kappa shape index (κ2) is 12.3. The molecule has 0 unspecified atom stereocenters. The molecule has 0 spiro atoms. The van der Waals surface area contributed by atoms with Crippen molar-refractivity contribution in [2.24, 2.45) is 0 Å². The number of anilines is 1. The number of benzene rings is 3. The van der Waals surface area contributed by atoms with E-state index in [0.29, 0.717) is 29.2 Å². The van der Waals surface area contributed by atoms with Gasteiger partial charge in [-0.3, -0.25) is 0 Å². The summed E-state index contributed by atoms with van der Waals surface area (Å²) in [4.78, 5) is 17.5. The molecule has 37 heavy (non-hydrogen) atoms. The average molecular weight is 492 g/mol. The average Bonchev–Trinajstić information content (AvgIpc) is 2.92. The van der Waals surface area contributed by atoms with Crippen molar-refractivity contribution in [1.82, 2.24) is 4.98 Å². The molecule has 2 N–H and O–H groups in total. The third-order valence-corrected chi connectivity index (χ3v) is 5.52. The highest BCUT2D eigenvalue weighted by Crippen LogP contribution is 2.25.